The lowest BCUT2D eigenvalue weighted by Gasteiger charge is -2.29. The van der Waals surface area contributed by atoms with E-state index in [1.165, 1.54) is 0 Å². The zero-order chi connectivity index (χ0) is 20.4. The fourth-order valence-electron chi connectivity index (χ4n) is 3.72. The lowest BCUT2D eigenvalue weighted by atomic mass is 9.80. The number of allylic oxidation sites excluding steroid dienone is 2. The van der Waals surface area contributed by atoms with Gasteiger partial charge in [-0.25, -0.2) is 0 Å². The van der Waals surface area contributed by atoms with Crippen molar-refractivity contribution in [2.75, 3.05) is 0 Å². The predicted octanol–water partition coefficient (Wildman–Crippen LogP) is 3.68. The van der Waals surface area contributed by atoms with E-state index in [0.717, 1.165) is 19.3 Å². The molecule has 1 fully saturated rings. The molecule has 0 aromatic heterocycles. The summed E-state index contributed by atoms with van der Waals surface area (Å²) in [5, 5.41) is 39.7. The van der Waals surface area contributed by atoms with Crippen molar-refractivity contribution in [1.82, 2.24) is 0 Å². The van der Waals surface area contributed by atoms with Crippen molar-refractivity contribution < 1.29 is 25.2 Å². The van der Waals surface area contributed by atoms with E-state index < -0.39 is 24.3 Å². The maximum Gasteiger partial charge on any atom is 0.303 e. The molecule has 0 aliphatic heterocycles. The van der Waals surface area contributed by atoms with Crippen LogP contribution < -0.4 is 0 Å². The summed E-state index contributed by atoms with van der Waals surface area (Å²) in [7, 11) is 0. The number of carboxylic acids is 1. The standard InChI is InChI=1S/C22H38O5/c1-4-5-14-22(2,3)20(25)13-12-17-16(18(23)15-19(17)24)10-8-6-7-9-11-21(26)27/h6,8,12-13,16-20,23-25H,4-5,7,9-11,14-15H2,1-3H3,(H,26,27)/b8-6+,13-12+. The Morgan fingerprint density at radius 1 is 1.19 bits per heavy atom. The van der Waals surface area contributed by atoms with Gasteiger partial charge in [0.1, 0.15) is 0 Å². The van der Waals surface area contributed by atoms with Crippen LogP contribution in [0.5, 0.6) is 0 Å². The molecule has 1 aliphatic carbocycles. The van der Waals surface area contributed by atoms with Gasteiger partial charge in [0, 0.05) is 18.8 Å². The molecule has 0 amide bonds. The van der Waals surface area contributed by atoms with Gasteiger partial charge in [-0.1, -0.05) is 57.9 Å². The molecule has 1 rings (SSSR count). The zero-order valence-electron chi connectivity index (χ0n) is 17.1. The quantitative estimate of drug-likeness (QED) is 0.305. The van der Waals surface area contributed by atoms with E-state index in [2.05, 4.69) is 20.8 Å². The van der Waals surface area contributed by atoms with Gasteiger partial charge < -0.3 is 20.4 Å². The first-order valence-corrected chi connectivity index (χ1v) is 10.3. The summed E-state index contributed by atoms with van der Waals surface area (Å²) < 4.78 is 0. The molecule has 0 aromatic carbocycles. The highest BCUT2D eigenvalue weighted by Crippen LogP contribution is 2.37. The van der Waals surface area contributed by atoms with Gasteiger partial charge in [0.2, 0.25) is 0 Å². The maximum atomic E-state index is 10.5. The molecule has 0 bridgehead atoms. The fraction of sp³-hybridized carbons (Fsp3) is 0.773. The molecular formula is C22H38O5. The molecule has 4 N–H and O–H groups in total. The first kappa shape index (κ1) is 23.9. The van der Waals surface area contributed by atoms with Crippen LogP contribution in [0.25, 0.3) is 0 Å². The summed E-state index contributed by atoms with van der Waals surface area (Å²) in [5.41, 5.74) is -0.214. The van der Waals surface area contributed by atoms with E-state index in [0.29, 0.717) is 25.7 Å². The highest BCUT2D eigenvalue weighted by atomic mass is 16.4. The van der Waals surface area contributed by atoms with E-state index >= 15 is 0 Å². The summed E-state index contributed by atoms with van der Waals surface area (Å²) in [6.07, 6.45) is 11.4. The first-order chi connectivity index (χ1) is 12.7. The Balaban J connectivity index is 2.62. The molecule has 5 nitrogen and oxygen atoms in total. The molecule has 5 atom stereocenters. The van der Waals surface area contributed by atoms with Gasteiger partial charge in [-0.2, -0.15) is 0 Å². The number of aliphatic carboxylic acids is 1. The largest absolute Gasteiger partial charge is 0.481 e. The number of carbonyl (C=O) groups is 1. The van der Waals surface area contributed by atoms with Gasteiger partial charge in [-0.3, -0.25) is 4.79 Å². The van der Waals surface area contributed by atoms with E-state index in [4.69, 9.17) is 5.11 Å². The highest BCUT2D eigenvalue weighted by molar-refractivity contribution is 5.66. The zero-order valence-corrected chi connectivity index (χ0v) is 17.1. The minimum atomic E-state index is -0.789. The van der Waals surface area contributed by atoms with Crippen LogP contribution in [0, 0.1) is 17.3 Å². The number of aliphatic hydroxyl groups is 3. The van der Waals surface area contributed by atoms with Gasteiger partial charge in [-0.05, 0) is 37.0 Å². The van der Waals surface area contributed by atoms with E-state index in [-0.39, 0.29) is 23.7 Å². The second-order valence-corrected chi connectivity index (χ2v) is 8.53. The SMILES string of the molecule is CCCCC(C)(C)C(O)/C=C/C1C(O)CC(O)C1C/C=C/CCCC(=O)O. The second kappa shape index (κ2) is 11.6. The van der Waals surface area contributed by atoms with Crippen LogP contribution in [-0.4, -0.2) is 44.7 Å². The lowest BCUT2D eigenvalue weighted by molar-refractivity contribution is -0.137. The van der Waals surface area contributed by atoms with Crippen LogP contribution >= 0.6 is 0 Å². The summed E-state index contributed by atoms with van der Waals surface area (Å²) in [5.74, 6) is -1.05. The van der Waals surface area contributed by atoms with Gasteiger partial charge in [-0.15, -0.1) is 0 Å². The van der Waals surface area contributed by atoms with E-state index in [1.807, 2.05) is 18.2 Å². The van der Waals surface area contributed by atoms with Crippen molar-refractivity contribution in [1.29, 1.82) is 0 Å². The molecule has 0 spiro atoms. The fourth-order valence-corrected chi connectivity index (χ4v) is 3.72. The monoisotopic (exact) mass is 382 g/mol. The average molecular weight is 383 g/mol. The summed E-state index contributed by atoms with van der Waals surface area (Å²) in [6, 6.07) is 0. The molecule has 0 saturated heterocycles. The molecule has 27 heavy (non-hydrogen) atoms. The Morgan fingerprint density at radius 3 is 2.52 bits per heavy atom. The third kappa shape index (κ3) is 8.16. The van der Waals surface area contributed by atoms with Gasteiger partial charge in [0.25, 0.3) is 0 Å². The molecule has 5 unspecified atom stereocenters. The topological polar surface area (TPSA) is 98.0 Å². The van der Waals surface area contributed by atoms with Crippen molar-refractivity contribution in [2.24, 2.45) is 17.3 Å². The maximum absolute atomic E-state index is 10.5. The van der Waals surface area contributed by atoms with Crippen LogP contribution in [0.1, 0.15) is 72.1 Å². The Kier molecular flexibility index (Phi) is 10.3. The normalized spacial score (nSPS) is 27.6. The van der Waals surface area contributed by atoms with Crippen molar-refractivity contribution in [3.63, 3.8) is 0 Å². The molecule has 156 valence electrons. The summed E-state index contributed by atoms with van der Waals surface area (Å²) in [6.45, 7) is 6.23. The minimum Gasteiger partial charge on any atom is -0.481 e. The lowest BCUT2D eigenvalue weighted by Crippen LogP contribution is -2.28. The van der Waals surface area contributed by atoms with Crippen LogP contribution in [0.3, 0.4) is 0 Å². The Bertz CT molecular complexity index is 497. The number of unbranched alkanes of at least 4 members (excludes halogenated alkanes) is 2. The van der Waals surface area contributed by atoms with Crippen molar-refractivity contribution in [2.45, 2.75) is 90.4 Å². The highest BCUT2D eigenvalue weighted by Gasteiger charge is 2.39. The number of rotatable bonds is 12. The molecular weight excluding hydrogens is 344 g/mol. The molecule has 5 heteroatoms. The van der Waals surface area contributed by atoms with Crippen LogP contribution in [-0.2, 0) is 4.79 Å². The smallest absolute Gasteiger partial charge is 0.303 e. The number of aliphatic hydroxyl groups excluding tert-OH is 3. The molecule has 1 saturated carbocycles. The first-order valence-electron chi connectivity index (χ1n) is 10.3. The van der Waals surface area contributed by atoms with Crippen LogP contribution in [0.4, 0.5) is 0 Å². The Labute approximate surface area is 163 Å². The molecule has 0 radical (unpaired) electrons. The second-order valence-electron chi connectivity index (χ2n) is 8.53. The summed E-state index contributed by atoms with van der Waals surface area (Å²) in [4.78, 5) is 10.5. The molecule has 1 aliphatic rings. The van der Waals surface area contributed by atoms with Crippen molar-refractivity contribution >= 4 is 5.97 Å². The van der Waals surface area contributed by atoms with Gasteiger partial charge >= 0.3 is 5.97 Å². The van der Waals surface area contributed by atoms with Crippen LogP contribution in [0.2, 0.25) is 0 Å². The Morgan fingerprint density at radius 2 is 1.89 bits per heavy atom. The van der Waals surface area contributed by atoms with Gasteiger partial charge in [0.15, 0.2) is 0 Å². The van der Waals surface area contributed by atoms with E-state index in [1.54, 1.807) is 6.08 Å². The minimum absolute atomic E-state index is 0.0853. The predicted molar refractivity (Wildman–Crippen MR) is 107 cm³/mol. The van der Waals surface area contributed by atoms with Crippen molar-refractivity contribution in [3.05, 3.63) is 24.3 Å². The number of hydrogen-bond donors (Lipinski definition) is 4. The average Bonchev–Trinajstić information content (AvgIpc) is 2.86. The Hall–Kier alpha value is -1.17. The number of carboxylic acid groups (broad SMARTS) is 1. The van der Waals surface area contributed by atoms with Gasteiger partial charge in [0.05, 0.1) is 18.3 Å². The van der Waals surface area contributed by atoms with Crippen molar-refractivity contribution in [3.8, 4) is 0 Å². The van der Waals surface area contributed by atoms with E-state index in [9.17, 15) is 20.1 Å². The number of hydrogen-bond acceptors (Lipinski definition) is 4. The third-order valence-electron chi connectivity index (χ3n) is 5.74. The third-order valence-corrected chi connectivity index (χ3v) is 5.74. The van der Waals surface area contributed by atoms with Crippen LogP contribution in [0.15, 0.2) is 24.3 Å². The molecule has 0 aromatic rings. The summed E-state index contributed by atoms with van der Waals surface area (Å²) >= 11 is 0. The molecule has 0 heterocycles.